The number of allylic oxidation sites excluding steroid dienone is 1. The number of halogens is 1. The highest BCUT2D eigenvalue weighted by molar-refractivity contribution is 14.1. The summed E-state index contributed by atoms with van der Waals surface area (Å²) in [5.74, 6) is -0.232. The van der Waals surface area contributed by atoms with Crippen molar-refractivity contribution in [1.29, 1.82) is 0 Å². The number of Topliss-reactive ketones (excluding diaryl/α,β-unsaturated/α-hetero) is 1. The van der Waals surface area contributed by atoms with Crippen LogP contribution in [0, 0.1) is 0 Å². The average molecular weight is 653 g/mol. The Morgan fingerprint density at radius 1 is 1.03 bits per heavy atom. The summed E-state index contributed by atoms with van der Waals surface area (Å²) in [5, 5.41) is 11.1. The number of fused-ring (bicyclic) bond motifs is 2. The number of hydrogen-bond acceptors (Lipinski definition) is 8. The number of carbonyl (C=O) groups excluding carboxylic acids is 2. The van der Waals surface area contributed by atoms with Gasteiger partial charge in [-0.1, -0.05) is 27.4 Å². The number of ketones is 1. The first kappa shape index (κ1) is 31.2. The number of esters is 1. The fourth-order valence-corrected chi connectivity index (χ4v) is 6.79. The number of hydrogen-bond donors (Lipinski definition) is 1. The zero-order chi connectivity index (χ0) is 27.5. The van der Waals surface area contributed by atoms with Gasteiger partial charge in [-0.15, -0.1) is 0 Å². The zero-order valence-electron chi connectivity index (χ0n) is 23.2. The van der Waals surface area contributed by atoms with Crippen LogP contribution in [0.4, 0.5) is 0 Å². The second kappa shape index (κ2) is 12.9. The van der Waals surface area contributed by atoms with Gasteiger partial charge in [0.2, 0.25) is 0 Å². The number of rotatable bonds is 11. The average Bonchev–Trinajstić information content (AvgIpc) is 3.11. The van der Waals surface area contributed by atoms with Crippen molar-refractivity contribution in [2.24, 2.45) is 0 Å². The second-order valence-corrected chi connectivity index (χ2v) is 18.4. The lowest BCUT2D eigenvalue weighted by molar-refractivity contribution is -0.256. The highest BCUT2D eigenvalue weighted by Crippen LogP contribution is 2.45. The van der Waals surface area contributed by atoms with Gasteiger partial charge in [-0.25, -0.2) is 0 Å². The Bertz CT molecular complexity index is 828. The summed E-state index contributed by atoms with van der Waals surface area (Å²) in [6.45, 7) is 14.8. The molecule has 0 aromatic carbocycles. The maximum absolute atomic E-state index is 12.7. The molecule has 0 aromatic rings. The standard InChI is InChI=1S/C27H45IO8Si/c1-16(28)10-8-9-11-17(29)14-20-22(31)24-25(35-20)26(36-37(6,7)27(2,3)4)23-19(34-24)13-12-18(33-23)15-21(30)32-5/h18-20,22-26,31H,1,8-15H2,2-7H3/t18?,19-,20?,22?,23-,24?,25?,26?/m0/s1. The molecule has 3 rings (SSSR count). The Kier molecular flexibility index (Phi) is 10.8. The molecule has 0 amide bonds. The molecule has 3 aliphatic heterocycles. The van der Waals surface area contributed by atoms with E-state index in [0.717, 1.165) is 22.8 Å². The summed E-state index contributed by atoms with van der Waals surface area (Å²) < 4.78 is 32.0. The molecule has 0 radical (unpaired) electrons. The smallest absolute Gasteiger partial charge is 0.308 e. The molecule has 37 heavy (non-hydrogen) atoms. The molecule has 0 saturated carbocycles. The molecular formula is C27H45IO8Si. The van der Waals surface area contributed by atoms with Gasteiger partial charge in [0, 0.05) is 12.8 Å². The van der Waals surface area contributed by atoms with Crippen molar-refractivity contribution in [3.8, 4) is 0 Å². The number of carbonyl (C=O) groups is 2. The minimum Gasteiger partial charge on any atom is -0.469 e. The van der Waals surface area contributed by atoms with Crippen molar-refractivity contribution < 1.29 is 38.1 Å². The molecule has 212 valence electrons. The van der Waals surface area contributed by atoms with Crippen LogP contribution in [0.25, 0.3) is 0 Å². The van der Waals surface area contributed by atoms with Crippen LogP contribution in [0.5, 0.6) is 0 Å². The fourth-order valence-electron chi connectivity index (χ4n) is 5.11. The monoisotopic (exact) mass is 652 g/mol. The summed E-state index contributed by atoms with van der Waals surface area (Å²) in [6, 6.07) is 0. The van der Waals surface area contributed by atoms with E-state index in [0.29, 0.717) is 19.3 Å². The lowest BCUT2D eigenvalue weighted by Crippen LogP contribution is -2.64. The third kappa shape index (κ3) is 7.85. The number of methoxy groups -OCH3 is 1. The Hall–Kier alpha value is -0.373. The van der Waals surface area contributed by atoms with Gasteiger partial charge < -0.3 is 28.5 Å². The van der Waals surface area contributed by atoms with E-state index in [-0.39, 0.29) is 41.8 Å². The van der Waals surface area contributed by atoms with Crippen LogP contribution >= 0.6 is 22.6 Å². The molecular weight excluding hydrogens is 607 g/mol. The van der Waals surface area contributed by atoms with Gasteiger partial charge in [-0.05, 0) is 76.4 Å². The van der Waals surface area contributed by atoms with Crippen LogP contribution < -0.4 is 0 Å². The minimum absolute atomic E-state index is 0.0494. The van der Waals surface area contributed by atoms with E-state index in [1.54, 1.807) is 0 Å². The van der Waals surface area contributed by atoms with Gasteiger partial charge >= 0.3 is 5.97 Å². The topological polar surface area (TPSA) is 101 Å². The number of aliphatic hydroxyl groups excluding tert-OH is 1. The van der Waals surface area contributed by atoms with Crippen LogP contribution in [-0.4, -0.2) is 81.1 Å². The summed E-state index contributed by atoms with van der Waals surface area (Å²) in [4.78, 5) is 24.6. The molecule has 3 fully saturated rings. The molecule has 1 N–H and O–H groups in total. The van der Waals surface area contributed by atoms with Gasteiger partial charge in [0.25, 0.3) is 0 Å². The fraction of sp³-hybridized carbons (Fsp3) is 0.852. The van der Waals surface area contributed by atoms with Crippen molar-refractivity contribution in [3.05, 3.63) is 10.2 Å². The van der Waals surface area contributed by atoms with E-state index in [4.69, 9.17) is 23.4 Å². The first-order valence-electron chi connectivity index (χ1n) is 13.5. The minimum atomic E-state index is -2.26. The van der Waals surface area contributed by atoms with E-state index in [9.17, 15) is 14.7 Å². The molecule has 3 aliphatic rings. The van der Waals surface area contributed by atoms with E-state index in [1.807, 2.05) is 0 Å². The van der Waals surface area contributed by atoms with Gasteiger partial charge in [-0.2, -0.15) is 0 Å². The number of ether oxygens (including phenoxy) is 4. The Morgan fingerprint density at radius 3 is 2.32 bits per heavy atom. The highest BCUT2D eigenvalue weighted by atomic mass is 127. The maximum Gasteiger partial charge on any atom is 0.308 e. The Labute approximate surface area is 236 Å². The van der Waals surface area contributed by atoms with Crippen molar-refractivity contribution in [2.75, 3.05) is 7.11 Å². The normalized spacial score (nSPS) is 33.9. The molecule has 3 saturated heterocycles. The highest BCUT2D eigenvalue weighted by Gasteiger charge is 2.59. The molecule has 8 nitrogen and oxygen atoms in total. The summed E-state index contributed by atoms with van der Waals surface area (Å²) in [5.41, 5.74) is 0. The molecule has 8 atom stereocenters. The summed E-state index contributed by atoms with van der Waals surface area (Å²) >= 11 is 2.21. The Balaban J connectivity index is 1.75. The maximum atomic E-state index is 12.7. The van der Waals surface area contributed by atoms with E-state index >= 15 is 0 Å². The van der Waals surface area contributed by atoms with Crippen LogP contribution in [0.15, 0.2) is 10.2 Å². The van der Waals surface area contributed by atoms with Crippen LogP contribution in [0.3, 0.4) is 0 Å². The zero-order valence-corrected chi connectivity index (χ0v) is 26.3. The van der Waals surface area contributed by atoms with Crippen molar-refractivity contribution in [1.82, 2.24) is 0 Å². The van der Waals surface area contributed by atoms with E-state index in [2.05, 4.69) is 63.0 Å². The predicted octanol–water partition coefficient (Wildman–Crippen LogP) is 4.85. The van der Waals surface area contributed by atoms with Gasteiger partial charge in [0.1, 0.15) is 36.3 Å². The number of unbranched alkanes of at least 4 members (excludes halogenated alkanes) is 1. The largest absolute Gasteiger partial charge is 0.469 e. The second-order valence-electron chi connectivity index (χ2n) is 12.2. The molecule has 3 heterocycles. The number of aliphatic hydroxyl groups is 1. The SMILES string of the molecule is C=C(I)CCCCC(=O)CC1OC2C(O[C@H]3CCC(CC(=O)OC)O[C@@H]3C2O[Si](C)(C)C(C)(C)C)C1O. The van der Waals surface area contributed by atoms with Gasteiger partial charge in [0.15, 0.2) is 8.32 Å². The van der Waals surface area contributed by atoms with E-state index < -0.39 is 44.9 Å². The summed E-state index contributed by atoms with van der Waals surface area (Å²) in [6.07, 6.45) is 0.588. The van der Waals surface area contributed by atoms with Crippen LogP contribution in [0.1, 0.15) is 72.1 Å². The molecule has 0 spiro atoms. The third-order valence-corrected chi connectivity index (χ3v) is 13.3. The lowest BCUT2D eigenvalue weighted by atomic mass is 9.87. The predicted molar refractivity (Wildman–Crippen MR) is 151 cm³/mol. The van der Waals surface area contributed by atoms with Crippen molar-refractivity contribution >= 4 is 42.7 Å². The quantitative estimate of drug-likeness (QED) is 0.146. The van der Waals surface area contributed by atoms with Crippen LogP contribution in [0.2, 0.25) is 18.1 Å². The van der Waals surface area contributed by atoms with Crippen LogP contribution in [-0.2, 0) is 33.0 Å². The van der Waals surface area contributed by atoms with Crippen molar-refractivity contribution in [3.63, 3.8) is 0 Å². The van der Waals surface area contributed by atoms with Crippen molar-refractivity contribution in [2.45, 2.75) is 139 Å². The third-order valence-electron chi connectivity index (χ3n) is 8.28. The Morgan fingerprint density at radius 2 is 1.70 bits per heavy atom. The van der Waals surface area contributed by atoms with Gasteiger partial charge in [-0.3, -0.25) is 9.59 Å². The van der Waals surface area contributed by atoms with E-state index in [1.165, 1.54) is 7.11 Å². The molecule has 0 bridgehead atoms. The molecule has 0 aliphatic carbocycles. The molecule has 6 unspecified atom stereocenters. The summed E-state index contributed by atoms with van der Waals surface area (Å²) in [7, 11) is -0.884. The first-order chi connectivity index (χ1) is 17.2. The molecule has 10 heteroatoms. The first-order valence-corrected chi connectivity index (χ1v) is 17.5. The van der Waals surface area contributed by atoms with Gasteiger partial charge in [0.05, 0.1) is 31.8 Å². The molecule has 0 aromatic heterocycles. The lowest BCUT2D eigenvalue weighted by Gasteiger charge is -2.51.